The molecule has 0 saturated heterocycles. The van der Waals surface area contributed by atoms with E-state index in [1.165, 1.54) is 0 Å². The number of carbonyl (C=O) groups excluding carboxylic acids is 1. The Kier molecular flexibility index (Phi) is 4.06. The Labute approximate surface area is 103 Å². The van der Waals surface area contributed by atoms with Crippen LogP contribution < -0.4 is 0 Å². The molecule has 0 heterocycles. The normalized spacial score (nSPS) is 33.1. The first kappa shape index (κ1) is 13.3. The highest BCUT2D eigenvalue weighted by Gasteiger charge is 2.54. The fraction of sp³-hybridized carbons (Fsp3) is 0.917. The largest absolute Gasteiger partial charge is 0.341 e. The minimum Gasteiger partial charge on any atom is -0.308 e. The summed E-state index contributed by atoms with van der Waals surface area (Å²) < 4.78 is 23.4. The zero-order valence-electron chi connectivity index (χ0n) is 10.6. The fourth-order valence-corrected chi connectivity index (χ4v) is 5.76. The van der Waals surface area contributed by atoms with Gasteiger partial charge in [-0.05, 0) is 38.5 Å². The fourth-order valence-electron chi connectivity index (χ4n) is 3.32. The average Bonchev–Trinajstić information content (AvgIpc) is 2.77. The summed E-state index contributed by atoms with van der Waals surface area (Å²) in [6, 6.07) is 0. The van der Waals surface area contributed by atoms with E-state index in [0.29, 0.717) is 25.6 Å². The summed E-state index contributed by atoms with van der Waals surface area (Å²) in [5.74, 6) is 0.734. The molecule has 0 amide bonds. The van der Waals surface area contributed by atoms with Crippen LogP contribution in [0.3, 0.4) is 0 Å². The van der Waals surface area contributed by atoms with Crippen LogP contribution in [0.25, 0.3) is 0 Å². The molecule has 2 rings (SSSR count). The Morgan fingerprint density at radius 2 is 1.88 bits per heavy atom. The van der Waals surface area contributed by atoms with E-state index in [9.17, 15) is 9.36 Å². The van der Waals surface area contributed by atoms with Crippen molar-refractivity contribution in [1.82, 2.24) is 0 Å². The molecule has 0 aromatic carbocycles. The standard InChI is InChI=1S/C12H21O4P/c1-3-15-17(14,16-4-2)12-10-7-5-6-9(10)8-11(12)13/h9-10,12H,3-8H2,1-2H3. The molecule has 98 valence electrons. The van der Waals surface area contributed by atoms with Gasteiger partial charge in [0.15, 0.2) is 0 Å². The Balaban J connectivity index is 2.22. The maximum absolute atomic E-state index is 12.7. The van der Waals surface area contributed by atoms with Crippen LogP contribution in [-0.4, -0.2) is 24.7 Å². The summed E-state index contributed by atoms with van der Waals surface area (Å²) in [6.07, 6.45) is 3.78. The van der Waals surface area contributed by atoms with Gasteiger partial charge in [0.25, 0.3) is 0 Å². The molecule has 5 heteroatoms. The minimum atomic E-state index is -3.24. The average molecular weight is 260 g/mol. The molecular formula is C12H21O4P. The number of carbonyl (C=O) groups is 1. The predicted molar refractivity (Wildman–Crippen MR) is 65.1 cm³/mol. The topological polar surface area (TPSA) is 52.6 Å². The lowest BCUT2D eigenvalue weighted by Crippen LogP contribution is -2.24. The number of hydrogen-bond acceptors (Lipinski definition) is 4. The smallest absolute Gasteiger partial charge is 0.308 e. The highest BCUT2D eigenvalue weighted by atomic mass is 31.2. The third-order valence-electron chi connectivity index (χ3n) is 3.88. The maximum Gasteiger partial charge on any atom is 0.341 e. The quantitative estimate of drug-likeness (QED) is 0.713. The van der Waals surface area contributed by atoms with Crippen LogP contribution in [0.15, 0.2) is 0 Å². The summed E-state index contributed by atoms with van der Waals surface area (Å²) in [5, 5.41) is 0. The highest BCUT2D eigenvalue weighted by Crippen LogP contribution is 2.62. The molecule has 2 saturated carbocycles. The number of rotatable bonds is 5. The van der Waals surface area contributed by atoms with Crippen molar-refractivity contribution >= 4 is 13.4 Å². The predicted octanol–water partition coefficient (Wildman–Crippen LogP) is 3.01. The Bertz CT molecular complexity index is 331. The molecule has 0 spiro atoms. The molecule has 0 bridgehead atoms. The molecule has 4 nitrogen and oxygen atoms in total. The molecule has 0 aromatic rings. The van der Waals surface area contributed by atoms with Gasteiger partial charge >= 0.3 is 7.60 Å². The first-order valence-corrected chi connectivity index (χ1v) is 8.15. The molecule has 0 N–H and O–H groups in total. The molecule has 2 fully saturated rings. The van der Waals surface area contributed by atoms with Gasteiger partial charge in [-0.1, -0.05) is 6.42 Å². The Hall–Kier alpha value is -0.180. The molecule has 0 aromatic heterocycles. The van der Waals surface area contributed by atoms with Crippen molar-refractivity contribution in [3.05, 3.63) is 0 Å². The summed E-state index contributed by atoms with van der Waals surface area (Å²) in [4.78, 5) is 12.1. The SMILES string of the molecule is CCOP(=O)(OCC)C1C(=O)CC2CCCC21. The molecule has 3 atom stereocenters. The van der Waals surface area contributed by atoms with E-state index >= 15 is 0 Å². The second-order valence-corrected chi connectivity index (χ2v) is 7.00. The van der Waals surface area contributed by atoms with Crippen LogP contribution in [-0.2, 0) is 18.4 Å². The molecule has 2 aliphatic rings. The molecule has 17 heavy (non-hydrogen) atoms. The number of ketones is 1. The third kappa shape index (κ3) is 2.35. The van der Waals surface area contributed by atoms with Gasteiger partial charge in [0, 0.05) is 6.42 Å². The number of Topliss-reactive ketones (excluding diaryl/α,β-unsaturated/α-hetero) is 1. The monoisotopic (exact) mass is 260 g/mol. The zero-order valence-corrected chi connectivity index (χ0v) is 11.4. The summed E-state index contributed by atoms with van der Waals surface area (Å²) in [6.45, 7) is 4.24. The lowest BCUT2D eigenvalue weighted by molar-refractivity contribution is -0.117. The first-order chi connectivity index (χ1) is 8.12. The van der Waals surface area contributed by atoms with Crippen molar-refractivity contribution in [1.29, 1.82) is 0 Å². The van der Waals surface area contributed by atoms with E-state index in [0.717, 1.165) is 19.3 Å². The Morgan fingerprint density at radius 3 is 2.47 bits per heavy atom. The second-order valence-electron chi connectivity index (χ2n) is 4.85. The van der Waals surface area contributed by atoms with E-state index in [1.54, 1.807) is 13.8 Å². The molecule has 3 unspecified atom stereocenters. The van der Waals surface area contributed by atoms with E-state index in [-0.39, 0.29) is 11.7 Å². The van der Waals surface area contributed by atoms with E-state index in [4.69, 9.17) is 9.05 Å². The van der Waals surface area contributed by atoms with Crippen LogP contribution in [0.4, 0.5) is 0 Å². The molecule has 2 aliphatic carbocycles. The van der Waals surface area contributed by atoms with Crippen LogP contribution in [0, 0.1) is 11.8 Å². The van der Waals surface area contributed by atoms with Crippen molar-refractivity contribution < 1.29 is 18.4 Å². The van der Waals surface area contributed by atoms with Gasteiger partial charge in [-0.15, -0.1) is 0 Å². The second kappa shape index (κ2) is 5.21. The molecule has 0 aliphatic heterocycles. The van der Waals surface area contributed by atoms with Crippen molar-refractivity contribution in [2.75, 3.05) is 13.2 Å². The summed E-state index contributed by atoms with van der Waals surface area (Å²) >= 11 is 0. The lowest BCUT2D eigenvalue weighted by atomic mass is 10.0. The van der Waals surface area contributed by atoms with Crippen molar-refractivity contribution in [3.63, 3.8) is 0 Å². The van der Waals surface area contributed by atoms with Gasteiger partial charge < -0.3 is 9.05 Å². The van der Waals surface area contributed by atoms with Crippen LogP contribution in [0.1, 0.15) is 39.5 Å². The van der Waals surface area contributed by atoms with Crippen LogP contribution >= 0.6 is 7.60 Å². The number of fused-ring (bicyclic) bond motifs is 1. The minimum absolute atomic E-state index is 0.0879. The highest BCUT2D eigenvalue weighted by molar-refractivity contribution is 7.55. The van der Waals surface area contributed by atoms with E-state index in [2.05, 4.69) is 0 Å². The molecule has 0 radical (unpaired) electrons. The first-order valence-electron chi connectivity index (χ1n) is 6.54. The van der Waals surface area contributed by atoms with Gasteiger partial charge in [0.1, 0.15) is 11.4 Å². The maximum atomic E-state index is 12.7. The van der Waals surface area contributed by atoms with Crippen LogP contribution in [0.5, 0.6) is 0 Å². The summed E-state index contributed by atoms with van der Waals surface area (Å²) in [5.41, 5.74) is -0.491. The van der Waals surface area contributed by atoms with Crippen molar-refractivity contribution in [3.8, 4) is 0 Å². The van der Waals surface area contributed by atoms with E-state index < -0.39 is 13.3 Å². The van der Waals surface area contributed by atoms with Crippen molar-refractivity contribution in [2.24, 2.45) is 11.8 Å². The van der Waals surface area contributed by atoms with E-state index in [1.807, 2.05) is 0 Å². The van der Waals surface area contributed by atoms with Gasteiger partial charge in [-0.2, -0.15) is 0 Å². The Morgan fingerprint density at radius 1 is 1.24 bits per heavy atom. The van der Waals surface area contributed by atoms with Crippen LogP contribution in [0.2, 0.25) is 0 Å². The van der Waals surface area contributed by atoms with Gasteiger partial charge in [0.05, 0.1) is 13.2 Å². The third-order valence-corrected chi connectivity index (χ3v) is 6.46. The number of hydrogen-bond donors (Lipinski definition) is 0. The lowest BCUT2D eigenvalue weighted by Gasteiger charge is -2.26. The van der Waals surface area contributed by atoms with Gasteiger partial charge in [0.2, 0.25) is 0 Å². The summed E-state index contributed by atoms with van der Waals surface area (Å²) in [7, 11) is -3.24. The molecular weight excluding hydrogens is 239 g/mol. The van der Waals surface area contributed by atoms with Crippen molar-refractivity contribution in [2.45, 2.75) is 45.2 Å². The zero-order chi connectivity index (χ0) is 12.5. The van der Waals surface area contributed by atoms with Gasteiger partial charge in [-0.25, -0.2) is 0 Å². The van der Waals surface area contributed by atoms with Gasteiger partial charge in [-0.3, -0.25) is 9.36 Å².